The lowest BCUT2D eigenvalue weighted by molar-refractivity contribution is 0.0615. The van der Waals surface area contributed by atoms with E-state index in [1.807, 2.05) is 53.4 Å². The summed E-state index contributed by atoms with van der Waals surface area (Å²) in [5.74, 6) is 1.31. The smallest absolute Gasteiger partial charge is 0.253 e. The average Bonchev–Trinajstić information content (AvgIpc) is 3.17. The third kappa shape index (κ3) is 4.41. The molecular formula is C21H21IN4O2. The second-order valence-corrected chi connectivity index (χ2v) is 8.20. The predicted octanol–water partition coefficient (Wildman–Crippen LogP) is 3.61. The van der Waals surface area contributed by atoms with Crippen LogP contribution in [0.2, 0.25) is 0 Å². The van der Waals surface area contributed by atoms with Crippen LogP contribution in [0.5, 0.6) is 0 Å². The predicted molar refractivity (Wildman–Crippen MR) is 115 cm³/mol. The molecule has 28 heavy (non-hydrogen) atoms. The first kappa shape index (κ1) is 19.1. The molecule has 0 aliphatic carbocycles. The van der Waals surface area contributed by atoms with Gasteiger partial charge >= 0.3 is 0 Å². The van der Waals surface area contributed by atoms with Gasteiger partial charge in [0, 0.05) is 40.9 Å². The average molecular weight is 488 g/mol. The van der Waals surface area contributed by atoms with Crippen LogP contribution >= 0.6 is 22.6 Å². The molecule has 1 fully saturated rings. The van der Waals surface area contributed by atoms with Gasteiger partial charge in [-0.05, 0) is 47.7 Å². The summed E-state index contributed by atoms with van der Waals surface area (Å²) >= 11 is 2.23. The first-order chi connectivity index (χ1) is 13.6. The fraction of sp³-hybridized carbons (Fsp3) is 0.286. The van der Waals surface area contributed by atoms with E-state index in [2.05, 4.69) is 44.6 Å². The highest BCUT2D eigenvalue weighted by molar-refractivity contribution is 14.1. The zero-order valence-corrected chi connectivity index (χ0v) is 17.8. The van der Waals surface area contributed by atoms with E-state index in [0.717, 1.165) is 27.8 Å². The molecule has 3 aromatic rings. The van der Waals surface area contributed by atoms with Crippen molar-refractivity contribution in [1.29, 1.82) is 0 Å². The zero-order valence-electron chi connectivity index (χ0n) is 15.6. The molecule has 6 nitrogen and oxygen atoms in total. The van der Waals surface area contributed by atoms with E-state index in [0.29, 0.717) is 31.3 Å². The number of hydrogen-bond donors (Lipinski definition) is 0. The molecule has 0 saturated carbocycles. The molecule has 2 aromatic carbocycles. The van der Waals surface area contributed by atoms with Gasteiger partial charge in [-0.2, -0.15) is 4.98 Å². The largest absolute Gasteiger partial charge is 0.338 e. The molecule has 0 radical (unpaired) electrons. The Morgan fingerprint density at radius 1 is 1.11 bits per heavy atom. The third-order valence-corrected chi connectivity index (χ3v) is 5.54. The number of rotatable bonds is 4. The van der Waals surface area contributed by atoms with Gasteiger partial charge in [-0.25, -0.2) is 0 Å². The molecule has 144 valence electrons. The van der Waals surface area contributed by atoms with Gasteiger partial charge in [0.1, 0.15) is 0 Å². The van der Waals surface area contributed by atoms with Crippen molar-refractivity contribution in [1.82, 2.24) is 19.9 Å². The van der Waals surface area contributed by atoms with Crippen LogP contribution in [-0.2, 0) is 6.54 Å². The maximum absolute atomic E-state index is 12.7. The molecule has 4 rings (SSSR count). The SMILES string of the molecule is Cc1ccc(-c2noc(CN3CCN(C(=O)c4cccc(I)c4)CC3)n2)cc1. The van der Waals surface area contributed by atoms with Gasteiger partial charge < -0.3 is 9.42 Å². The third-order valence-electron chi connectivity index (χ3n) is 4.87. The van der Waals surface area contributed by atoms with Crippen molar-refractivity contribution in [2.24, 2.45) is 0 Å². The Labute approximate surface area is 177 Å². The number of aryl methyl sites for hydroxylation is 1. The highest BCUT2D eigenvalue weighted by Gasteiger charge is 2.23. The van der Waals surface area contributed by atoms with E-state index in [-0.39, 0.29) is 5.91 Å². The molecule has 1 aliphatic rings. The summed E-state index contributed by atoms with van der Waals surface area (Å²) in [4.78, 5) is 21.3. The maximum Gasteiger partial charge on any atom is 0.253 e. The molecule has 7 heteroatoms. The van der Waals surface area contributed by atoms with Crippen LogP contribution in [0.15, 0.2) is 53.1 Å². The Morgan fingerprint density at radius 2 is 1.86 bits per heavy atom. The number of halogens is 1. The van der Waals surface area contributed by atoms with Crippen molar-refractivity contribution < 1.29 is 9.32 Å². The van der Waals surface area contributed by atoms with E-state index in [4.69, 9.17) is 4.52 Å². The van der Waals surface area contributed by atoms with Crippen molar-refractivity contribution in [2.75, 3.05) is 26.2 Å². The van der Waals surface area contributed by atoms with Crippen molar-refractivity contribution in [2.45, 2.75) is 13.5 Å². The first-order valence-corrected chi connectivity index (χ1v) is 10.3. The van der Waals surface area contributed by atoms with Gasteiger partial charge in [0.05, 0.1) is 6.54 Å². The minimum Gasteiger partial charge on any atom is -0.338 e. The van der Waals surface area contributed by atoms with E-state index in [1.165, 1.54) is 5.56 Å². The molecule has 1 aliphatic heterocycles. The minimum absolute atomic E-state index is 0.0950. The fourth-order valence-corrected chi connectivity index (χ4v) is 3.79. The Morgan fingerprint density at radius 3 is 2.57 bits per heavy atom. The zero-order chi connectivity index (χ0) is 19.5. The van der Waals surface area contributed by atoms with Gasteiger partial charge in [-0.1, -0.05) is 41.1 Å². The molecule has 0 spiro atoms. The van der Waals surface area contributed by atoms with Gasteiger partial charge in [-0.15, -0.1) is 0 Å². The maximum atomic E-state index is 12.7. The molecule has 0 unspecified atom stereocenters. The molecule has 0 N–H and O–H groups in total. The molecule has 0 bridgehead atoms. The number of benzene rings is 2. The van der Waals surface area contributed by atoms with Crippen LogP contribution in [0.25, 0.3) is 11.4 Å². The highest BCUT2D eigenvalue weighted by Crippen LogP contribution is 2.18. The molecule has 0 atom stereocenters. The van der Waals surface area contributed by atoms with E-state index < -0.39 is 0 Å². The standard InChI is InChI=1S/C21H21IN4O2/c1-15-5-7-16(8-6-15)20-23-19(28-24-20)14-25-9-11-26(12-10-25)21(27)17-3-2-4-18(22)13-17/h2-8,13H,9-12,14H2,1H3. The number of nitrogens with zero attached hydrogens (tertiary/aromatic N) is 4. The van der Waals surface area contributed by atoms with E-state index in [1.54, 1.807) is 0 Å². The van der Waals surface area contributed by atoms with Crippen LogP contribution in [0.4, 0.5) is 0 Å². The Balaban J connectivity index is 1.33. The van der Waals surface area contributed by atoms with Crippen LogP contribution in [-0.4, -0.2) is 52.0 Å². The molecule has 1 aromatic heterocycles. The molecule has 2 heterocycles. The lowest BCUT2D eigenvalue weighted by Gasteiger charge is -2.34. The van der Waals surface area contributed by atoms with Crippen molar-refractivity contribution in [3.05, 3.63) is 69.1 Å². The summed E-state index contributed by atoms with van der Waals surface area (Å²) in [7, 11) is 0. The van der Waals surface area contributed by atoms with E-state index in [9.17, 15) is 4.79 Å². The fourth-order valence-electron chi connectivity index (χ4n) is 3.24. The van der Waals surface area contributed by atoms with Crippen LogP contribution in [0.1, 0.15) is 21.8 Å². The second-order valence-electron chi connectivity index (χ2n) is 6.96. The van der Waals surface area contributed by atoms with Crippen LogP contribution < -0.4 is 0 Å². The number of amides is 1. The van der Waals surface area contributed by atoms with Crippen molar-refractivity contribution in [3.8, 4) is 11.4 Å². The number of aromatic nitrogens is 2. The van der Waals surface area contributed by atoms with Gasteiger partial charge in [0.15, 0.2) is 0 Å². The first-order valence-electron chi connectivity index (χ1n) is 9.25. The molecule has 1 amide bonds. The van der Waals surface area contributed by atoms with Crippen LogP contribution in [0.3, 0.4) is 0 Å². The summed E-state index contributed by atoms with van der Waals surface area (Å²) < 4.78 is 6.50. The summed E-state index contributed by atoms with van der Waals surface area (Å²) in [6.45, 7) is 5.63. The van der Waals surface area contributed by atoms with Gasteiger partial charge in [0.25, 0.3) is 5.91 Å². The molecular weight excluding hydrogens is 467 g/mol. The van der Waals surface area contributed by atoms with Crippen LogP contribution in [0, 0.1) is 10.5 Å². The lowest BCUT2D eigenvalue weighted by Crippen LogP contribution is -2.48. The topological polar surface area (TPSA) is 62.5 Å². The summed E-state index contributed by atoms with van der Waals surface area (Å²) in [6, 6.07) is 15.8. The van der Waals surface area contributed by atoms with Crippen molar-refractivity contribution >= 4 is 28.5 Å². The number of hydrogen-bond acceptors (Lipinski definition) is 5. The quantitative estimate of drug-likeness (QED) is 0.526. The minimum atomic E-state index is 0.0950. The number of carbonyl (C=O) groups is 1. The highest BCUT2D eigenvalue weighted by atomic mass is 127. The van der Waals surface area contributed by atoms with Gasteiger partial charge in [-0.3, -0.25) is 9.69 Å². The summed E-state index contributed by atoms with van der Waals surface area (Å²) in [5, 5.41) is 4.09. The number of piperazine rings is 1. The Kier molecular flexibility index (Phi) is 5.72. The van der Waals surface area contributed by atoms with Gasteiger partial charge in [0.2, 0.25) is 11.7 Å². The lowest BCUT2D eigenvalue weighted by atomic mass is 10.1. The Hall–Kier alpha value is -2.26. The Bertz CT molecular complexity index is 963. The number of carbonyl (C=O) groups excluding carboxylic acids is 1. The summed E-state index contributed by atoms with van der Waals surface area (Å²) in [5.41, 5.74) is 2.90. The second kappa shape index (κ2) is 8.40. The van der Waals surface area contributed by atoms with Crippen molar-refractivity contribution in [3.63, 3.8) is 0 Å². The normalized spacial score (nSPS) is 15.0. The summed E-state index contributed by atoms with van der Waals surface area (Å²) in [6.07, 6.45) is 0. The monoisotopic (exact) mass is 488 g/mol. The molecule has 1 saturated heterocycles. The van der Waals surface area contributed by atoms with E-state index >= 15 is 0 Å².